The summed E-state index contributed by atoms with van der Waals surface area (Å²) in [5.74, 6) is -0.609. The van der Waals surface area contributed by atoms with Gasteiger partial charge in [-0.2, -0.15) is 0 Å². The summed E-state index contributed by atoms with van der Waals surface area (Å²) < 4.78 is 33.4. The van der Waals surface area contributed by atoms with Gasteiger partial charge >= 0.3 is 6.03 Å². The van der Waals surface area contributed by atoms with Crippen LogP contribution in [0.2, 0.25) is 0 Å². The molecule has 2 amide bonds. The van der Waals surface area contributed by atoms with E-state index in [0.717, 1.165) is 17.4 Å². The third-order valence-electron chi connectivity index (χ3n) is 5.81. The number of benzene rings is 2. The number of carbonyl (C=O) groups excluding carboxylic acids is 1. The van der Waals surface area contributed by atoms with Crippen LogP contribution in [0.25, 0.3) is 0 Å². The molecule has 0 atom stereocenters. The van der Waals surface area contributed by atoms with E-state index in [9.17, 15) is 13.6 Å². The standard InChI is InChI=1S/C24H28B3F2N3O2/c1-16(2)34-21-7-3-17(4-8-21)14-30-23(33)32(15-18-5-6-19(28)13-22(18)29)20-9-11-31(12-10-20)24(25,26)27/h3-8,13,16,20H,9-12,14-15H2,1-2H3,(H,30,33). The highest BCUT2D eigenvalue weighted by molar-refractivity contribution is 6.59. The van der Waals surface area contributed by atoms with Gasteiger partial charge in [0.1, 0.15) is 17.4 Å². The fourth-order valence-electron chi connectivity index (χ4n) is 4.00. The average molecular weight is 461 g/mol. The van der Waals surface area contributed by atoms with Gasteiger partial charge in [-0.15, -0.1) is 0 Å². The lowest BCUT2D eigenvalue weighted by Crippen LogP contribution is -2.57. The molecule has 5 nitrogen and oxygen atoms in total. The van der Waals surface area contributed by atoms with Crippen molar-refractivity contribution in [3.05, 3.63) is 65.2 Å². The van der Waals surface area contributed by atoms with E-state index in [1.165, 1.54) is 12.1 Å². The number of ether oxygens (including phenoxy) is 1. The highest BCUT2D eigenvalue weighted by atomic mass is 19.1. The molecule has 174 valence electrons. The number of urea groups is 1. The SMILES string of the molecule is [B]C([B])([B])N1CCC(N(Cc2ccc(F)cc2F)C(=O)NCc2ccc(OC(C)C)cc2)CC1. The highest BCUT2D eigenvalue weighted by Gasteiger charge is 2.31. The minimum Gasteiger partial charge on any atom is -0.491 e. The fraction of sp³-hybridized carbons (Fsp3) is 0.458. The third-order valence-corrected chi connectivity index (χ3v) is 5.81. The highest BCUT2D eigenvalue weighted by Crippen LogP contribution is 2.23. The van der Waals surface area contributed by atoms with Gasteiger partial charge < -0.3 is 19.9 Å². The second-order valence-electron chi connectivity index (χ2n) is 8.94. The quantitative estimate of drug-likeness (QED) is 0.616. The fourth-order valence-corrected chi connectivity index (χ4v) is 4.00. The number of carbonyl (C=O) groups is 1. The number of rotatable bonds is 8. The summed E-state index contributed by atoms with van der Waals surface area (Å²) in [5.41, 5.74) is 1.13. The van der Waals surface area contributed by atoms with Crippen LogP contribution in [0.15, 0.2) is 42.5 Å². The number of likely N-dealkylation sites (tertiary alicyclic amines) is 1. The topological polar surface area (TPSA) is 44.8 Å². The first-order valence-corrected chi connectivity index (χ1v) is 11.4. The Balaban J connectivity index is 1.70. The van der Waals surface area contributed by atoms with Gasteiger partial charge in [0.15, 0.2) is 0 Å². The van der Waals surface area contributed by atoms with Gasteiger partial charge in [-0.1, -0.05) is 23.4 Å². The summed E-state index contributed by atoms with van der Waals surface area (Å²) >= 11 is 0. The van der Waals surface area contributed by atoms with Crippen LogP contribution in [0.4, 0.5) is 13.6 Å². The van der Waals surface area contributed by atoms with Crippen LogP contribution in [0.3, 0.4) is 0 Å². The lowest BCUT2D eigenvalue weighted by molar-refractivity contribution is 0.114. The van der Waals surface area contributed by atoms with Gasteiger partial charge in [-0.25, -0.2) is 13.6 Å². The maximum Gasteiger partial charge on any atom is 0.318 e. The summed E-state index contributed by atoms with van der Waals surface area (Å²) in [7, 11) is 17.4. The number of piperidine rings is 1. The van der Waals surface area contributed by atoms with Crippen molar-refractivity contribution in [2.45, 2.75) is 57.2 Å². The lowest BCUT2D eigenvalue weighted by Gasteiger charge is -2.45. The second-order valence-corrected chi connectivity index (χ2v) is 8.94. The largest absolute Gasteiger partial charge is 0.491 e. The Morgan fingerprint density at radius 3 is 2.35 bits per heavy atom. The van der Waals surface area contributed by atoms with Crippen LogP contribution in [0.1, 0.15) is 37.8 Å². The molecule has 1 heterocycles. The van der Waals surface area contributed by atoms with Gasteiger partial charge in [0.25, 0.3) is 0 Å². The molecule has 3 rings (SSSR count). The molecule has 0 saturated carbocycles. The summed E-state index contributed by atoms with van der Waals surface area (Å²) in [6.07, 6.45) is 1.19. The molecule has 0 aliphatic carbocycles. The second kappa shape index (κ2) is 11.3. The Labute approximate surface area is 204 Å². The zero-order chi connectivity index (χ0) is 24.9. The molecule has 0 unspecified atom stereocenters. The first-order chi connectivity index (χ1) is 16.0. The van der Waals surface area contributed by atoms with E-state index in [-0.39, 0.29) is 30.3 Å². The molecule has 1 fully saturated rings. The van der Waals surface area contributed by atoms with Gasteiger partial charge in [0.05, 0.1) is 36.2 Å². The van der Waals surface area contributed by atoms with Gasteiger partial charge in [-0.3, -0.25) is 0 Å². The number of halogens is 2. The summed E-state index contributed by atoms with van der Waals surface area (Å²) in [5, 5.41) is 1.47. The van der Waals surface area contributed by atoms with Crippen LogP contribution in [0, 0.1) is 11.6 Å². The van der Waals surface area contributed by atoms with Crippen molar-refractivity contribution in [2.75, 3.05) is 13.1 Å². The molecule has 2 aromatic carbocycles. The van der Waals surface area contributed by atoms with Crippen LogP contribution in [0.5, 0.6) is 5.75 Å². The minimum atomic E-state index is -1.44. The lowest BCUT2D eigenvalue weighted by atomic mass is 9.48. The number of nitrogens with one attached hydrogen (secondary N) is 1. The maximum absolute atomic E-state index is 14.4. The van der Waals surface area contributed by atoms with Crippen LogP contribution >= 0.6 is 0 Å². The van der Waals surface area contributed by atoms with Crippen molar-refractivity contribution in [1.29, 1.82) is 0 Å². The van der Waals surface area contributed by atoms with Crippen LogP contribution in [-0.2, 0) is 13.1 Å². The molecule has 1 saturated heterocycles. The minimum absolute atomic E-state index is 0.00278. The van der Waals surface area contributed by atoms with Crippen LogP contribution < -0.4 is 10.1 Å². The molecule has 0 bridgehead atoms. The molecule has 1 aliphatic rings. The monoisotopic (exact) mass is 461 g/mol. The van der Waals surface area contributed by atoms with E-state index in [2.05, 4.69) is 5.32 Å². The Bertz CT molecular complexity index is 963. The summed E-state index contributed by atoms with van der Waals surface area (Å²) in [6.45, 7) is 5.17. The van der Waals surface area contributed by atoms with E-state index in [0.29, 0.717) is 32.5 Å². The van der Waals surface area contributed by atoms with Crippen molar-refractivity contribution in [3.8, 4) is 5.75 Å². The van der Waals surface area contributed by atoms with Gasteiger partial charge in [0, 0.05) is 24.2 Å². The molecular formula is C24H28B3F2N3O2. The van der Waals surface area contributed by atoms with E-state index in [1.54, 1.807) is 9.80 Å². The number of nitrogens with zero attached hydrogens (tertiary/aromatic N) is 2. The molecule has 10 heteroatoms. The Morgan fingerprint density at radius 1 is 1.15 bits per heavy atom. The Morgan fingerprint density at radius 2 is 1.79 bits per heavy atom. The van der Waals surface area contributed by atoms with Crippen molar-refractivity contribution in [1.82, 2.24) is 15.1 Å². The molecule has 34 heavy (non-hydrogen) atoms. The average Bonchev–Trinajstić information content (AvgIpc) is 2.77. The van der Waals surface area contributed by atoms with Crippen molar-refractivity contribution >= 4 is 29.6 Å². The Kier molecular flexibility index (Phi) is 8.69. The smallest absolute Gasteiger partial charge is 0.318 e. The molecular weight excluding hydrogens is 433 g/mol. The zero-order valence-corrected chi connectivity index (χ0v) is 19.6. The number of hydrogen-bond donors (Lipinski definition) is 1. The summed E-state index contributed by atoms with van der Waals surface area (Å²) in [4.78, 5) is 16.5. The van der Waals surface area contributed by atoms with E-state index in [1.807, 2.05) is 38.1 Å². The van der Waals surface area contributed by atoms with Gasteiger partial charge in [0.2, 0.25) is 0 Å². The maximum atomic E-state index is 14.4. The molecule has 6 radical (unpaired) electrons. The predicted molar refractivity (Wildman–Crippen MR) is 131 cm³/mol. The van der Waals surface area contributed by atoms with Crippen LogP contribution in [-0.4, -0.2) is 69.8 Å². The normalized spacial score (nSPS) is 15.3. The summed E-state index contributed by atoms with van der Waals surface area (Å²) in [6, 6.07) is 10.3. The zero-order valence-electron chi connectivity index (χ0n) is 19.6. The van der Waals surface area contributed by atoms with E-state index < -0.39 is 16.9 Å². The number of hydrogen-bond acceptors (Lipinski definition) is 3. The number of amides is 2. The molecule has 1 N–H and O–H groups in total. The van der Waals surface area contributed by atoms with Gasteiger partial charge in [-0.05, 0) is 63.5 Å². The molecule has 1 aliphatic heterocycles. The molecule has 2 aromatic rings. The van der Waals surface area contributed by atoms with E-state index >= 15 is 0 Å². The van der Waals surface area contributed by atoms with Crippen molar-refractivity contribution in [3.63, 3.8) is 0 Å². The Hall–Kier alpha value is -2.48. The van der Waals surface area contributed by atoms with Crippen molar-refractivity contribution < 1.29 is 18.3 Å². The van der Waals surface area contributed by atoms with Crippen molar-refractivity contribution in [2.24, 2.45) is 0 Å². The first kappa shape index (κ1) is 26.1. The molecule has 0 spiro atoms. The molecule has 0 aromatic heterocycles. The van der Waals surface area contributed by atoms with E-state index in [4.69, 9.17) is 28.3 Å². The predicted octanol–water partition coefficient (Wildman–Crippen LogP) is 3.05. The third kappa shape index (κ3) is 7.26. The first-order valence-electron chi connectivity index (χ1n) is 11.4.